The van der Waals surface area contributed by atoms with E-state index in [1.165, 1.54) is 0 Å². The first-order chi connectivity index (χ1) is 4.20. The molecule has 0 amide bonds. The minimum Gasteiger partial charge on any atom is -0.391 e. The van der Waals surface area contributed by atoms with Crippen molar-refractivity contribution in [3.05, 3.63) is 0 Å². The van der Waals surface area contributed by atoms with Gasteiger partial charge in [0.25, 0.3) is 0 Å². The fourth-order valence-electron chi connectivity index (χ4n) is 0.912. The Labute approximate surface area is 54.3 Å². The molecule has 0 spiro atoms. The first-order valence-electron chi connectivity index (χ1n) is 3.18. The molecule has 0 unspecified atom stereocenters. The number of aliphatic hydroxyl groups excluding tert-OH is 2. The van der Waals surface area contributed by atoms with Crippen molar-refractivity contribution in [1.29, 1.82) is 0 Å². The Morgan fingerprint density at radius 1 is 1.44 bits per heavy atom. The maximum absolute atomic E-state index is 9.06. The van der Waals surface area contributed by atoms with E-state index in [2.05, 4.69) is 0 Å². The Bertz CT molecular complexity index is 94.3. The highest BCUT2D eigenvalue weighted by molar-refractivity contribution is 4.74. The van der Waals surface area contributed by atoms with E-state index in [0.717, 1.165) is 0 Å². The van der Waals surface area contributed by atoms with E-state index in [9.17, 15) is 0 Å². The summed E-state index contributed by atoms with van der Waals surface area (Å²) in [5.74, 6) is 0. The summed E-state index contributed by atoms with van der Waals surface area (Å²) < 4.78 is 5.00. The topological polar surface area (TPSA) is 49.7 Å². The van der Waals surface area contributed by atoms with Gasteiger partial charge in [-0.25, -0.2) is 0 Å². The monoisotopic (exact) mass is 132 g/mol. The highest BCUT2D eigenvalue weighted by Crippen LogP contribution is 2.12. The maximum atomic E-state index is 9.06. The van der Waals surface area contributed by atoms with Gasteiger partial charge in [-0.15, -0.1) is 0 Å². The Hall–Kier alpha value is -0.120. The molecule has 1 saturated heterocycles. The molecule has 1 aliphatic rings. The van der Waals surface area contributed by atoms with Crippen LogP contribution in [0.25, 0.3) is 0 Å². The van der Waals surface area contributed by atoms with E-state index in [0.29, 0.717) is 13.0 Å². The standard InChI is InChI=1S/C6H12O3/c1-4-6(8)2-5(7)3-9-4/h4-8H,2-3H2,1H3/t4-,5-,6-/m0/s1. The molecule has 3 heteroatoms. The van der Waals surface area contributed by atoms with Crippen molar-refractivity contribution in [2.45, 2.75) is 31.7 Å². The number of hydrogen-bond donors (Lipinski definition) is 2. The van der Waals surface area contributed by atoms with Crippen molar-refractivity contribution < 1.29 is 14.9 Å². The molecule has 0 aliphatic carbocycles. The van der Waals surface area contributed by atoms with Crippen LogP contribution in [0.4, 0.5) is 0 Å². The number of rotatable bonds is 0. The zero-order valence-electron chi connectivity index (χ0n) is 5.45. The molecule has 0 aromatic rings. The Kier molecular flexibility index (Phi) is 2.05. The SMILES string of the molecule is C[C@@H]1OC[C@@H](O)C[C@@H]1O. The third-order valence-corrected chi connectivity index (χ3v) is 1.61. The molecule has 54 valence electrons. The Balaban J connectivity index is 2.35. The van der Waals surface area contributed by atoms with Crippen LogP contribution >= 0.6 is 0 Å². The van der Waals surface area contributed by atoms with Gasteiger partial charge in [-0.1, -0.05) is 0 Å². The molecule has 1 aliphatic heterocycles. The molecule has 3 atom stereocenters. The molecule has 0 bridgehead atoms. The lowest BCUT2D eigenvalue weighted by Gasteiger charge is -2.28. The average Bonchev–Trinajstić information content (AvgIpc) is 1.80. The van der Waals surface area contributed by atoms with Crippen molar-refractivity contribution in [3.63, 3.8) is 0 Å². The van der Waals surface area contributed by atoms with Crippen molar-refractivity contribution in [2.75, 3.05) is 6.61 Å². The molecule has 9 heavy (non-hydrogen) atoms. The zero-order valence-corrected chi connectivity index (χ0v) is 5.45. The summed E-state index contributed by atoms with van der Waals surface area (Å²) >= 11 is 0. The van der Waals surface area contributed by atoms with Gasteiger partial charge in [-0.2, -0.15) is 0 Å². The molecule has 0 aromatic heterocycles. The molecule has 1 rings (SSSR count). The summed E-state index contributed by atoms with van der Waals surface area (Å²) in [4.78, 5) is 0. The maximum Gasteiger partial charge on any atom is 0.0824 e. The third-order valence-electron chi connectivity index (χ3n) is 1.61. The van der Waals surface area contributed by atoms with Gasteiger partial charge in [0.05, 0.1) is 24.9 Å². The molecule has 0 radical (unpaired) electrons. The van der Waals surface area contributed by atoms with Crippen molar-refractivity contribution in [2.24, 2.45) is 0 Å². The van der Waals surface area contributed by atoms with E-state index in [4.69, 9.17) is 14.9 Å². The minimum atomic E-state index is -0.492. The van der Waals surface area contributed by atoms with Gasteiger partial charge in [-0.3, -0.25) is 0 Å². The molecular formula is C6H12O3. The summed E-state index contributed by atoms with van der Waals surface area (Å²) in [7, 11) is 0. The van der Waals surface area contributed by atoms with Crippen LogP contribution < -0.4 is 0 Å². The van der Waals surface area contributed by atoms with Crippen LogP contribution in [0.3, 0.4) is 0 Å². The number of aliphatic hydroxyl groups is 2. The van der Waals surface area contributed by atoms with Crippen LogP contribution in [0, 0.1) is 0 Å². The van der Waals surface area contributed by atoms with Crippen LogP contribution in [0.2, 0.25) is 0 Å². The van der Waals surface area contributed by atoms with Crippen LogP contribution in [0.5, 0.6) is 0 Å². The van der Waals surface area contributed by atoms with Crippen LogP contribution in [-0.2, 0) is 4.74 Å². The molecule has 3 nitrogen and oxygen atoms in total. The van der Waals surface area contributed by atoms with Crippen LogP contribution in [0.1, 0.15) is 13.3 Å². The van der Waals surface area contributed by atoms with Crippen molar-refractivity contribution in [3.8, 4) is 0 Å². The van der Waals surface area contributed by atoms with E-state index in [-0.39, 0.29) is 6.10 Å². The second-order valence-electron chi connectivity index (χ2n) is 2.50. The van der Waals surface area contributed by atoms with Crippen molar-refractivity contribution >= 4 is 0 Å². The van der Waals surface area contributed by atoms with Gasteiger partial charge in [-0.05, 0) is 6.92 Å². The molecular weight excluding hydrogens is 120 g/mol. The fourth-order valence-corrected chi connectivity index (χ4v) is 0.912. The third kappa shape index (κ3) is 1.64. The van der Waals surface area contributed by atoms with E-state index >= 15 is 0 Å². The normalized spacial score (nSPS) is 45.0. The molecule has 1 heterocycles. The smallest absolute Gasteiger partial charge is 0.0824 e. The van der Waals surface area contributed by atoms with Gasteiger partial charge in [0, 0.05) is 6.42 Å². The summed E-state index contributed by atoms with van der Waals surface area (Å²) in [6, 6.07) is 0. The Morgan fingerprint density at radius 2 is 2.11 bits per heavy atom. The predicted octanol–water partition coefficient (Wildman–Crippen LogP) is -0.483. The van der Waals surface area contributed by atoms with E-state index in [1.807, 2.05) is 0 Å². The highest BCUT2D eigenvalue weighted by Gasteiger charge is 2.24. The quantitative estimate of drug-likeness (QED) is 0.468. The van der Waals surface area contributed by atoms with Gasteiger partial charge in [0.2, 0.25) is 0 Å². The van der Waals surface area contributed by atoms with Crippen molar-refractivity contribution in [1.82, 2.24) is 0 Å². The lowest BCUT2D eigenvalue weighted by molar-refractivity contribution is -0.115. The molecule has 2 N–H and O–H groups in total. The molecule has 0 saturated carbocycles. The summed E-state index contributed by atoms with van der Waals surface area (Å²) in [5, 5.41) is 18.0. The second kappa shape index (κ2) is 2.64. The lowest BCUT2D eigenvalue weighted by Crippen LogP contribution is -2.39. The highest BCUT2D eigenvalue weighted by atomic mass is 16.5. The van der Waals surface area contributed by atoms with Crippen LogP contribution in [0.15, 0.2) is 0 Å². The van der Waals surface area contributed by atoms with E-state index < -0.39 is 12.2 Å². The first kappa shape index (κ1) is 6.99. The lowest BCUT2D eigenvalue weighted by atomic mass is 10.1. The Morgan fingerprint density at radius 3 is 2.56 bits per heavy atom. The second-order valence-corrected chi connectivity index (χ2v) is 2.50. The number of ether oxygens (including phenoxy) is 1. The molecule has 1 fully saturated rings. The number of hydrogen-bond acceptors (Lipinski definition) is 3. The first-order valence-corrected chi connectivity index (χ1v) is 3.18. The summed E-state index contributed by atoms with van der Waals surface area (Å²) in [6.45, 7) is 2.16. The predicted molar refractivity (Wildman–Crippen MR) is 32.0 cm³/mol. The fraction of sp³-hybridized carbons (Fsp3) is 1.00. The zero-order chi connectivity index (χ0) is 6.85. The van der Waals surface area contributed by atoms with Gasteiger partial charge < -0.3 is 14.9 Å². The average molecular weight is 132 g/mol. The van der Waals surface area contributed by atoms with Gasteiger partial charge in [0.15, 0.2) is 0 Å². The minimum absolute atomic E-state index is 0.117. The summed E-state index contributed by atoms with van der Waals surface area (Å²) in [5.41, 5.74) is 0. The summed E-state index contributed by atoms with van der Waals surface area (Å²) in [6.07, 6.45) is -0.639. The van der Waals surface area contributed by atoms with E-state index in [1.54, 1.807) is 6.92 Å². The van der Waals surface area contributed by atoms with Gasteiger partial charge in [0.1, 0.15) is 0 Å². The van der Waals surface area contributed by atoms with Gasteiger partial charge >= 0.3 is 0 Å². The largest absolute Gasteiger partial charge is 0.391 e. The van der Waals surface area contributed by atoms with Crippen LogP contribution in [-0.4, -0.2) is 35.1 Å². The molecule has 0 aromatic carbocycles.